The lowest BCUT2D eigenvalue weighted by Crippen LogP contribution is -2.32. The van der Waals surface area contributed by atoms with E-state index in [4.69, 9.17) is 4.74 Å². The Bertz CT molecular complexity index is 607. The van der Waals surface area contributed by atoms with Gasteiger partial charge >= 0.3 is 5.97 Å². The van der Waals surface area contributed by atoms with Gasteiger partial charge in [-0.15, -0.1) is 0 Å². The van der Waals surface area contributed by atoms with Crippen LogP contribution in [0, 0.1) is 12.8 Å². The van der Waals surface area contributed by atoms with Crippen LogP contribution in [0.1, 0.15) is 25.8 Å². The highest BCUT2D eigenvalue weighted by Crippen LogP contribution is 2.27. The fourth-order valence-electron chi connectivity index (χ4n) is 2.07. The van der Waals surface area contributed by atoms with Crippen LogP contribution < -0.4 is 5.32 Å². The number of aryl methyl sites for hydroxylation is 1. The lowest BCUT2D eigenvalue weighted by Gasteiger charge is -2.17. The summed E-state index contributed by atoms with van der Waals surface area (Å²) in [6.45, 7) is 6.22. The zero-order chi connectivity index (χ0) is 14.7. The summed E-state index contributed by atoms with van der Waals surface area (Å²) in [7, 11) is 1.42. The topological polar surface area (TPSA) is 51.2 Å². The van der Waals surface area contributed by atoms with Gasteiger partial charge < -0.3 is 10.1 Å². The Morgan fingerprint density at radius 3 is 2.85 bits per heavy atom. The van der Waals surface area contributed by atoms with E-state index < -0.39 is 0 Å². The van der Waals surface area contributed by atoms with Crippen LogP contribution in [-0.4, -0.2) is 24.1 Å². The summed E-state index contributed by atoms with van der Waals surface area (Å²) in [4.78, 5) is 16.3. The van der Waals surface area contributed by atoms with Gasteiger partial charge in [0, 0.05) is 0 Å². The van der Waals surface area contributed by atoms with Gasteiger partial charge in [-0.25, -0.2) is 9.78 Å². The van der Waals surface area contributed by atoms with E-state index in [0.717, 1.165) is 21.8 Å². The number of methoxy groups -OCH3 is 1. The molecule has 1 aromatic carbocycles. The number of rotatable bonds is 5. The van der Waals surface area contributed by atoms with E-state index in [1.165, 1.54) is 12.7 Å². The number of hydrogen-bond donors (Lipinski definition) is 1. The minimum absolute atomic E-state index is 0.242. The number of nitrogens with zero attached hydrogens (tertiary/aromatic N) is 1. The number of aromatic nitrogens is 1. The Morgan fingerprint density at radius 1 is 1.45 bits per heavy atom. The number of hydrogen-bond acceptors (Lipinski definition) is 5. The third kappa shape index (κ3) is 3.48. The number of thiazole rings is 1. The van der Waals surface area contributed by atoms with Gasteiger partial charge in [0.1, 0.15) is 6.04 Å². The van der Waals surface area contributed by atoms with Crippen molar-refractivity contribution >= 4 is 32.7 Å². The number of fused-ring (bicyclic) bond motifs is 1. The first-order chi connectivity index (χ1) is 9.49. The van der Waals surface area contributed by atoms with Gasteiger partial charge in [0.05, 0.1) is 17.3 Å². The van der Waals surface area contributed by atoms with E-state index in [9.17, 15) is 4.79 Å². The van der Waals surface area contributed by atoms with Crippen molar-refractivity contribution in [2.45, 2.75) is 33.2 Å². The number of ether oxygens (including phenoxy) is 1. The van der Waals surface area contributed by atoms with Crippen LogP contribution in [-0.2, 0) is 9.53 Å². The molecule has 0 spiro atoms. The van der Waals surface area contributed by atoms with Gasteiger partial charge in [0.2, 0.25) is 0 Å². The van der Waals surface area contributed by atoms with Gasteiger partial charge in [0.25, 0.3) is 0 Å². The first-order valence-electron chi connectivity index (χ1n) is 6.71. The SMILES string of the molecule is COC(=O)C(CC(C)C)Nc1nc2ccc(C)cc2s1. The largest absolute Gasteiger partial charge is 0.467 e. The predicted octanol–water partition coefficient (Wildman–Crippen LogP) is 3.60. The van der Waals surface area contributed by atoms with E-state index in [1.54, 1.807) is 11.3 Å². The van der Waals surface area contributed by atoms with Gasteiger partial charge in [-0.05, 0) is 37.0 Å². The van der Waals surface area contributed by atoms with Crippen LogP contribution in [0.5, 0.6) is 0 Å². The molecular weight excluding hydrogens is 272 g/mol. The third-order valence-corrected chi connectivity index (χ3v) is 3.98. The molecule has 0 aliphatic carbocycles. The first kappa shape index (κ1) is 14.8. The van der Waals surface area contributed by atoms with E-state index in [2.05, 4.69) is 37.1 Å². The number of nitrogens with one attached hydrogen (secondary N) is 1. The number of anilines is 1. The normalized spacial score (nSPS) is 12.7. The monoisotopic (exact) mass is 292 g/mol. The number of esters is 1. The summed E-state index contributed by atoms with van der Waals surface area (Å²) < 4.78 is 5.98. The second kappa shape index (κ2) is 6.22. The molecule has 0 aliphatic rings. The summed E-state index contributed by atoms with van der Waals surface area (Å²) in [5, 5.41) is 3.97. The Hall–Kier alpha value is -1.62. The molecule has 1 N–H and O–H groups in total. The number of carbonyl (C=O) groups excluding carboxylic acids is 1. The Morgan fingerprint density at radius 2 is 2.20 bits per heavy atom. The highest BCUT2D eigenvalue weighted by molar-refractivity contribution is 7.22. The quantitative estimate of drug-likeness (QED) is 0.855. The van der Waals surface area contributed by atoms with E-state index in [0.29, 0.717) is 5.92 Å². The van der Waals surface area contributed by atoms with Gasteiger partial charge in [-0.1, -0.05) is 31.3 Å². The molecule has 20 heavy (non-hydrogen) atoms. The first-order valence-corrected chi connectivity index (χ1v) is 7.53. The second-order valence-electron chi connectivity index (χ2n) is 5.34. The third-order valence-electron chi connectivity index (χ3n) is 3.03. The minimum Gasteiger partial charge on any atom is -0.467 e. The molecule has 4 nitrogen and oxygen atoms in total. The molecule has 1 atom stereocenters. The molecule has 0 saturated heterocycles. The van der Waals surface area contributed by atoms with E-state index in [-0.39, 0.29) is 12.0 Å². The van der Waals surface area contributed by atoms with E-state index in [1.807, 2.05) is 12.1 Å². The van der Waals surface area contributed by atoms with Gasteiger partial charge in [-0.2, -0.15) is 0 Å². The summed E-state index contributed by atoms with van der Waals surface area (Å²) in [6, 6.07) is 5.80. The van der Waals surface area contributed by atoms with Crippen LogP contribution in [0.4, 0.5) is 5.13 Å². The van der Waals surface area contributed by atoms with Crippen LogP contribution in [0.2, 0.25) is 0 Å². The molecule has 5 heteroatoms. The molecule has 0 bridgehead atoms. The molecule has 0 amide bonds. The number of carbonyl (C=O) groups is 1. The maximum atomic E-state index is 11.8. The molecule has 0 saturated carbocycles. The molecule has 2 rings (SSSR count). The lowest BCUT2D eigenvalue weighted by atomic mass is 10.0. The standard InChI is InChI=1S/C15H20N2O2S/c1-9(2)7-12(14(18)19-4)17-15-16-11-6-5-10(3)8-13(11)20-15/h5-6,8-9,12H,7H2,1-4H3,(H,16,17). The predicted molar refractivity (Wildman–Crippen MR) is 83.2 cm³/mol. The average Bonchev–Trinajstić information content (AvgIpc) is 2.77. The van der Waals surface area contributed by atoms with Crippen molar-refractivity contribution in [3.8, 4) is 0 Å². The molecule has 2 aromatic rings. The molecule has 1 unspecified atom stereocenters. The van der Waals surface area contributed by atoms with Gasteiger partial charge in [-0.3, -0.25) is 0 Å². The van der Waals surface area contributed by atoms with Crippen LogP contribution in [0.3, 0.4) is 0 Å². The van der Waals surface area contributed by atoms with Crippen molar-refractivity contribution in [1.29, 1.82) is 0 Å². The zero-order valence-electron chi connectivity index (χ0n) is 12.3. The van der Waals surface area contributed by atoms with Crippen LogP contribution in [0.15, 0.2) is 18.2 Å². The molecule has 0 radical (unpaired) electrons. The van der Waals surface area contributed by atoms with Crippen molar-refractivity contribution < 1.29 is 9.53 Å². The zero-order valence-corrected chi connectivity index (χ0v) is 13.1. The van der Waals surface area contributed by atoms with Crippen molar-refractivity contribution in [2.24, 2.45) is 5.92 Å². The maximum absolute atomic E-state index is 11.8. The summed E-state index contributed by atoms with van der Waals surface area (Å²) in [6.07, 6.45) is 0.724. The Labute approximate surface area is 123 Å². The van der Waals surface area contributed by atoms with Crippen molar-refractivity contribution in [3.63, 3.8) is 0 Å². The molecular formula is C15H20N2O2S. The number of benzene rings is 1. The summed E-state index contributed by atoms with van der Waals surface area (Å²) in [5.41, 5.74) is 2.16. The molecule has 0 fully saturated rings. The lowest BCUT2D eigenvalue weighted by molar-refractivity contribution is -0.141. The molecule has 108 valence electrons. The fraction of sp³-hybridized carbons (Fsp3) is 0.467. The van der Waals surface area contributed by atoms with Crippen molar-refractivity contribution in [2.75, 3.05) is 12.4 Å². The van der Waals surface area contributed by atoms with Crippen LogP contribution >= 0.6 is 11.3 Å². The minimum atomic E-state index is -0.346. The van der Waals surface area contributed by atoms with Crippen molar-refractivity contribution in [3.05, 3.63) is 23.8 Å². The van der Waals surface area contributed by atoms with Crippen molar-refractivity contribution in [1.82, 2.24) is 4.98 Å². The maximum Gasteiger partial charge on any atom is 0.328 e. The summed E-state index contributed by atoms with van der Waals surface area (Å²) >= 11 is 1.56. The van der Waals surface area contributed by atoms with E-state index >= 15 is 0 Å². The second-order valence-corrected chi connectivity index (χ2v) is 6.37. The Balaban J connectivity index is 2.21. The smallest absolute Gasteiger partial charge is 0.328 e. The summed E-state index contributed by atoms with van der Waals surface area (Å²) in [5.74, 6) is 0.164. The van der Waals surface area contributed by atoms with Crippen LogP contribution in [0.25, 0.3) is 10.2 Å². The molecule has 1 aromatic heterocycles. The highest BCUT2D eigenvalue weighted by Gasteiger charge is 2.21. The highest BCUT2D eigenvalue weighted by atomic mass is 32.1. The molecule has 0 aliphatic heterocycles. The Kier molecular flexibility index (Phi) is 4.60. The fourth-order valence-corrected chi connectivity index (χ4v) is 3.09. The average molecular weight is 292 g/mol. The van der Waals surface area contributed by atoms with Gasteiger partial charge in [0.15, 0.2) is 5.13 Å². The molecule has 1 heterocycles.